The van der Waals surface area contributed by atoms with Gasteiger partial charge in [0.2, 0.25) is 21.8 Å². The first-order valence-corrected chi connectivity index (χ1v) is 15.0. The van der Waals surface area contributed by atoms with E-state index in [1.807, 2.05) is 57.2 Å². The van der Waals surface area contributed by atoms with Crippen molar-refractivity contribution in [1.29, 1.82) is 0 Å². The van der Waals surface area contributed by atoms with E-state index in [9.17, 15) is 18.0 Å². The van der Waals surface area contributed by atoms with Crippen LogP contribution >= 0.6 is 11.6 Å². The SMILES string of the molecule is COc1cccc(CN(C(=O)CN(c2ccccc2Cl)S(C)(=O)=O)[C@H](Cc2ccccc2)C(=O)NC(C)(C)C)c1. The zero-order valence-corrected chi connectivity index (χ0v) is 25.0. The van der Waals surface area contributed by atoms with E-state index in [1.165, 1.54) is 11.0 Å². The number of ether oxygens (including phenoxy) is 1. The van der Waals surface area contributed by atoms with E-state index in [-0.39, 0.29) is 29.6 Å². The molecule has 214 valence electrons. The minimum absolute atomic E-state index is 0.0468. The van der Waals surface area contributed by atoms with Gasteiger partial charge in [-0.25, -0.2) is 8.42 Å². The summed E-state index contributed by atoms with van der Waals surface area (Å²) in [5.74, 6) is -0.313. The Bertz CT molecular complexity index is 1420. The van der Waals surface area contributed by atoms with Crippen molar-refractivity contribution in [3.8, 4) is 5.75 Å². The predicted octanol–water partition coefficient (Wildman–Crippen LogP) is 4.67. The topological polar surface area (TPSA) is 96.0 Å². The number of carbonyl (C=O) groups excluding carboxylic acids is 2. The molecule has 10 heteroatoms. The number of halogens is 1. The highest BCUT2D eigenvalue weighted by molar-refractivity contribution is 7.92. The van der Waals surface area contributed by atoms with E-state index in [0.717, 1.165) is 21.7 Å². The summed E-state index contributed by atoms with van der Waals surface area (Å²) in [6.07, 6.45) is 1.24. The van der Waals surface area contributed by atoms with Gasteiger partial charge in [0.25, 0.3) is 0 Å². The number of amides is 2. The summed E-state index contributed by atoms with van der Waals surface area (Å²) < 4.78 is 32.1. The summed E-state index contributed by atoms with van der Waals surface area (Å²) >= 11 is 6.34. The Morgan fingerprint density at radius 3 is 2.17 bits per heavy atom. The molecule has 0 radical (unpaired) electrons. The second kappa shape index (κ2) is 13.2. The maximum absolute atomic E-state index is 14.1. The summed E-state index contributed by atoms with van der Waals surface area (Å²) in [6.45, 7) is 5.09. The fraction of sp³-hybridized carbons (Fsp3) is 0.333. The lowest BCUT2D eigenvalue weighted by Gasteiger charge is -2.35. The van der Waals surface area contributed by atoms with Crippen molar-refractivity contribution in [3.05, 3.63) is 95.0 Å². The second-order valence-electron chi connectivity index (χ2n) is 10.5. The monoisotopic (exact) mass is 585 g/mol. The van der Waals surface area contributed by atoms with Crippen molar-refractivity contribution in [1.82, 2.24) is 10.2 Å². The van der Waals surface area contributed by atoms with E-state index in [4.69, 9.17) is 16.3 Å². The molecule has 0 aliphatic rings. The lowest BCUT2D eigenvalue weighted by molar-refractivity contribution is -0.140. The number of carbonyl (C=O) groups is 2. The van der Waals surface area contributed by atoms with E-state index in [2.05, 4.69) is 5.32 Å². The normalized spacial score (nSPS) is 12.3. The van der Waals surface area contributed by atoms with Crippen LogP contribution in [-0.2, 0) is 32.6 Å². The van der Waals surface area contributed by atoms with Gasteiger partial charge >= 0.3 is 0 Å². The molecule has 3 aromatic carbocycles. The summed E-state index contributed by atoms with van der Waals surface area (Å²) in [7, 11) is -2.36. The average Bonchev–Trinajstić information content (AvgIpc) is 2.88. The Balaban J connectivity index is 2.10. The van der Waals surface area contributed by atoms with Crippen LogP contribution in [0.1, 0.15) is 31.9 Å². The van der Waals surface area contributed by atoms with Crippen molar-refractivity contribution in [2.75, 3.05) is 24.2 Å². The summed E-state index contributed by atoms with van der Waals surface area (Å²) in [5.41, 5.74) is 1.19. The molecule has 0 saturated heterocycles. The predicted molar refractivity (Wildman–Crippen MR) is 159 cm³/mol. The first-order chi connectivity index (χ1) is 18.8. The fourth-order valence-corrected chi connectivity index (χ4v) is 5.37. The Labute approximate surface area is 241 Å². The van der Waals surface area contributed by atoms with E-state index in [0.29, 0.717) is 5.75 Å². The van der Waals surface area contributed by atoms with Crippen LogP contribution in [0.3, 0.4) is 0 Å². The van der Waals surface area contributed by atoms with Crippen LogP contribution in [0.5, 0.6) is 5.75 Å². The molecule has 0 aromatic heterocycles. The van der Waals surface area contributed by atoms with E-state index in [1.54, 1.807) is 43.5 Å². The van der Waals surface area contributed by atoms with Crippen LogP contribution in [-0.4, -0.2) is 56.6 Å². The summed E-state index contributed by atoms with van der Waals surface area (Å²) in [4.78, 5) is 29.3. The maximum Gasteiger partial charge on any atom is 0.244 e. The van der Waals surface area contributed by atoms with Gasteiger partial charge in [0, 0.05) is 18.5 Å². The molecule has 3 rings (SSSR count). The smallest absolute Gasteiger partial charge is 0.244 e. The van der Waals surface area contributed by atoms with Gasteiger partial charge in [0.05, 0.1) is 24.1 Å². The molecule has 2 amide bonds. The fourth-order valence-electron chi connectivity index (χ4n) is 4.22. The lowest BCUT2D eigenvalue weighted by atomic mass is 10.0. The van der Waals surface area contributed by atoms with E-state index >= 15 is 0 Å². The number of sulfonamides is 1. The molecule has 40 heavy (non-hydrogen) atoms. The number of benzene rings is 3. The first kappa shape index (κ1) is 31.0. The van der Waals surface area contributed by atoms with Gasteiger partial charge in [-0.1, -0.05) is 66.2 Å². The van der Waals surface area contributed by atoms with Crippen molar-refractivity contribution < 1.29 is 22.7 Å². The molecule has 0 spiro atoms. The summed E-state index contributed by atoms with van der Waals surface area (Å²) in [5, 5.41) is 3.18. The van der Waals surface area contributed by atoms with Gasteiger partial charge < -0.3 is 15.0 Å². The molecule has 0 fully saturated rings. The molecule has 1 N–H and O–H groups in total. The molecule has 1 atom stereocenters. The van der Waals surface area contributed by atoms with Crippen LogP contribution < -0.4 is 14.4 Å². The van der Waals surface area contributed by atoms with Crippen LogP contribution in [0.2, 0.25) is 5.02 Å². The number of nitrogens with one attached hydrogen (secondary N) is 1. The number of hydrogen-bond acceptors (Lipinski definition) is 5. The number of anilines is 1. The van der Waals surface area contributed by atoms with Crippen molar-refractivity contribution in [3.63, 3.8) is 0 Å². The van der Waals surface area contributed by atoms with Gasteiger partial charge in [-0.2, -0.15) is 0 Å². The molecule has 0 heterocycles. The molecule has 0 bridgehead atoms. The molecular formula is C30H36ClN3O5S. The molecular weight excluding hydrogens is 550 g/mol. The van der Waals surface area contributed by atoms with E-state index < -0.39 is 34.1 Å². The Kier molecular flexibility index (Phi) is 10.2. The first-order valence-electron chi connectivity index (χ1n) is 12.8. The number of nitrogens with zero attached hydrogens (tertiary/aromatic N) is 2. The summed E-state index contributed by atoms with van der Waals surface area (Å²) in [6, 6.07) is 22.1. The Morgan fingerprint density at radius 1 is 0.950 bits per heavy atom. The molecule has 8 nitrogen and oxygen atoms in total. The number of para-hydroxylation sites is 1. The van der Waals surface area contributed by atoms with Gasteiger partial charge in [-0.05, 0) is 56.2 Å². The zero-order valence-electron chi connectivity index (χ0n) is 23.4. The number of rotatable bonds is 11. The zero-order chi connectivity index (χ0) is 29.5. The van der Waals surface area contributed by atoms with Crippen LogP contribution in [0, 0.1) is 0 Å². The standard InChI is InChI=1S/C30H36ClN3O5S/c1-30(2,3)32-29(36)27(19-22-12-7-6-8-13-22)33(20-23-14-11-15-24(18-23)39-4)28(35)21-34(40(5,37)38)26-17-10-9-16-25(26)31/h6-18,27H,19-21H2,1-5H3,(H,32,36)/t27-/m1/s1. The number of methoxy groups -OCH3 is 1. The number of hydrogen-bond donors (Lipinski definition) is 1. The Hall–Kier alpha value is -3.56. The minimum atomic E-state index is -3.91. The van der Waals surface area contributed by atoms with Crippen LogP contribution in [0.15, 0.2) is 78.9 Å². The Morgan fingerprint density at radius 2 is 1.57 bits per heavy atom. The molecule has 0 aliphatic heterocycles. The van der Waals surface area contributed by atoms with Crippen molar-refractivity contribution in [2.24, 2.45) is 0 Å². The average molecular weight is 586 g/mol. The molecule has 0 unspecified atom stereocenters. The highest BCUT2D eigenvalue weighted by atomic mass is 35.5. The minimum Gasteiger partial charge on any atom is -0.497 e. The maximum atomic E-state index is 14.1. The molecule has 3 aromatic rings. The van der Waals surface area contributed by atoms with Crippen LogP contribution in [0.4, 0.5) is 5.69 Å². The second-order valence-corrected chi connectivity index (χ2v) is 12.9. The van der Waals surface area contributed by atoms with Crippen molar-refractivity contribution in [2.45, 2.75) is 45.3 Å². The third kappa shape index (κ3) is 8.72. The largest absolute Gasteiger partial charge is 0.497 e. The third-order valence-electron chi connectivity index (χ3n) is 6.06. The molecule has 0 aliphatic carbocycles. The van der Waals surface area contributed by atoms with Crippen molar-refractivity contribution >= 4 is 39.1 Å². The van der Waals surface area contributed by atoms with Gasteiger partial charge in [0.15, 0.2) is 0 Å². The van der Waals surface area contributed by atoms with Gasteiger partial charge in [0.1, 0.15) is 18.3 Å². The quantitative estimate of drug-likeness (QED) is 0.353. The molecule has 0 saturated carbocycles. The third-order valence-corrected chi connectivity index (χ3v) is 7.50. The highest BCUT2D eigenvalue weighted by Gasteiger charge is 2.34. The van der Waals surface area contributed by atoms with Gasteiger partial charge in [-0.15, -0.1) is 0 Å². The van der Waals surface area contributed by atoms with Gasteiger partial charge in [-0.3, -0.25) is 13.9 Å². The lowest BCUT2D eigenvalue weighted by Crippen LogP contribution is -2.56. The van der Waals surface area contributed by atoms with Crippen LogP contribution in [0.25, 0.3) is 0 Å². The highest BCUT2D eigenvalue weighted by Crippen LogP contribution is 2.28.